The van der Waals surface area contributed by atoms with Crippen molar-refractivity contribution >= 4 is 17.7 Å². The first kappa shape index (κ1) is 18.2. The molecule has 0 radical (unpaired) electrons. The van der Waals surface area contributed by atoms with Crippen molar-refractivity contribution in [3.05, 3.63) is 35.9 Å². The molecule has 2 saturated heterocycles. The molecule has 6 nitrogen and oxygen atoms in total. The first-order valence-corrected chi connectivity index (χ1v) is 9.77. The summed E-state index contributed by atoms with van der Waals surface area (Å²) in [6.45, 7) is 5.27. The summed E-state index contributed by atoms with van der Waals surface area (Å²) in [7, 11) is 0. The average Bonchev–Trinajstić information content (AvgIpc) is 2.60. The third kappa shape index (κ3) is 3.38. The summed E-state index contributed by atoms with van der Waals surface area (Å²) in [5, 5.41) is 5.89. The van der Waals surface area contributed by atoms with Crippen molar-refractivity contribution in [1.82, 2.24) is 15.5 Å². The highest BCUT2D eigenvalue weighted by Gasteiger charge is 2.54. The fourth-order valence-corrected chi connectivity index (χ4v) is 5.11. The second kappa shape index (κ2) is 6.75. The molecule has 4 rings (SSSR count). The summed E-state index contributed by atoms with van der Waals surface area (Å²) in [5.74, 6) is -0.522. The number of carbonyl (C=O) groups is 3. The van der Waals surface area contributed by atoms with Gasteiger partial charge in [-0.15, -0.1) is 0 Å². The van der Waals surface area contributed by atoms with Crippen LogP contribution >= 0.6 is 0 Å². The number of urea groups is 1. The number of ketones is 1. The van der Waals surface area contributed by atoms with E-state index >= 15 is 0 Å². The molecule has 3 aliphatic rings. The monoisotopic (exact) mass is 369 g/mol. The third-order valence-corrected chi connectivity index (χ3v) is 6.33. The van der Waals surface area contributed by atoms with Gasteiger partial charge in [-0.1, -0.05) is 44.2 Å². The Balaban J connectivity index is 1.56. The molecule has 2 heterocycles. The van der Waals surface area contributed by atoms with Crippen molar-refractivity contribution in [2.24, 2.45) is 23.2 Å². The molecule has 0 bridgehead atoms. The van der Waals surface area contributed by atoms with Gasteiger partial charge < -0.3 is 4.90 Å². The first-order valence-electron chi connectivity index (χ1n) is 9.77. The number of rotatable bonds is 3. The van der Waals surface area contributed by atoms with E-state index in [0.29, 0.717) is 19.5 Å². The number of hydrogen-bond donors (Lipinski definition) is 2. The van der Waals surface area contributed by atoms with E-state index in [-0.39, 0.29) is 47.1 Å². The van der Waals surface area contributed by atoms with Crippen LogP contribution < -0.4 is 10.6 Å². The Morgan fingerprint density at radius 1 is 1.15 bits per heavy atom. The van der Waals surface area contributed by atoms with Crippen molar-refractivity contribution in [3.8, 4) is 0 Å². The van der Waals surface area contributed by atoms with Crippen LogP contribution in [0.2, 0.25) is 0 Å². The number of carbonyl (C=O) groups excluding carboxylic acids is 3. The zero-order chi connectivity index (χ0) is 19.2. The van der Waals surface area contributed by atoms with Gasteiger partial charge in [-0.25, -0.2) is 4.79 Å². The minimum absolute atomic E-state index is 0.0141. The molecule has 1 aromatic rings. The predicted molar refractivity (Wildman–Crippen MR) is 101 cm³/mol. The van der Waals surface area contributed by atoms with Crippen LogP contribution in [0.1, 0.15) is 32.3 Å². The Hall–Kier alpha value is -2.21. The van der Waals surface area contributed by atoms with Gasteiger partial charge in [0.15, 0.2) is 0 Å². The number of nitrogens with zero attached hydrogens (tertiary/aromatic N) is 1. The molecule has 1 saturated carbocycles. The van der Waals surface area contributed by atoms with Gasteiger partial charge in [0.2, 0.25) is 5.91 Å². The van der Waals surface area contributed by atoms with Gasteiger partial charge >= 0.3 is 6.03 Å². The van der Waals surface area contributed by atoms with Crippen molar-refractivity contribution in [3.63, 3.8) is 0 Å². The molecule has 3 amide bonds. The molecular weight excluding hydrogens is 342 g/mol. The lowest BCUT2D eigenvalue weighted by atomic mass is 9.60. The van der Waals surface area contributed by atoms with Crippen LogP contribution in [0, 0.1) is 23.2 Å². The van der Waals surface area contributed by atoms with Gasteiger partial charge in [0, 0.05) is 25.4 Å². The van der Waals surface area contributed by atoms with Crippen LogP contribution in [0.4, 0.5) is 4.79 Å². The highest BCUT2D eigenvalue weighted by Crippen LogP contribution is 2.46. The standard InChI is InChI=1S/C21H27N3O3/c1-21(2)10-14-15(16(25)11-21)12-22-18-17(14)19(26)23-20(27)24(18)9-8-13-6-4-3-5-7-13/h3-7,14-15,17-18,22H,8-12H2,1-2H3,(H,23,26,27). The van der Waals surface area contributed by atoms with Crippen LogP contribution in [0.3, 0.4) is 0 Å². The number of benzene rings is 1. The normalized spacial score (nSPS) is 32.5. The Bertz CT molecular complexity index is 761. The highest BCUT2D eigenvalue weighted by molar-refractivity contribution is 5.99. The van der Waals surface area contributed by atoms with Crippen molar-refractivity contribution < 1.29 is 14.4 Å². The maximum atomic E-state index is 12.7. The molecule has 2 N–H and O–H groups in total. The van der Waals surface area contributed by atoms with Gasteiger partial charge in [0.1, 0.15) is 5.78 Å². The third-order valence-electron chi connectivity index (χ3n) is 6.33. The van der Waals surface area contributed by atoms with Crippen LogP contribution in [-0.2, 0) is 16.0 Å². The first-order chi connectivity index (χ1) is 12.9. The lowest BCUT2D eigenvalue weighted by Gasteiger charge is -2.52. The number of hydrogen-bond acceptors (Lipinski definition) is 4. The minimum Gasteiger partial charge on any atom is -0.308 e. The lowest BCUT2D eigenvalue weighted by molar-refractivity contribution is -0.145. The second-order valence-electron chi connectivity index (χ2n) is 8.88. The molecule has 3 fully saturated rings. The number of imide groups is 1. The maximum absolute atomic E-state index is 12.7. The molecule has 1 aromatic carbocycles. The van der Waals surface area contributed by atoms with E-state index in [1.165, 1.54) is 0 Å². The predicted octanol–water partition coefficient (Wildman–Crippen LogP) is 1.95. The molecule has 27 heavy (non-hydrogen) atoms. The number of Topliss-reactive ketones (excluding diaryl/α,β-unsaturated/α-hetero) is 1. The van der Waals surface area contributed by atoms with E-state index < -0.39 is 0 Å². The number of fused-ring (bicyclic) bond motifs is 3. The van der Waals surface area contributed by atoms with E-state index in [1.807, 2.05) is 30.3 Å². The Morgan fingerprint density at radius 2 is 1.89 bits per heavy atom. The largest absolute Gasteiger partial charge is 0.325 e. The van der Waals surface area contributed by atoms with Crippen molar-refractivity contribution in [2.45, 2.75) is 39.3 Å². The van der Waals surface area contributed by atoms with Crippen LogP contribution in [0.5, 0.6) is 0 Å². The lowest BCUT2D eigenvalue weighted by Crippen LogP contribution is -2.71. The maximum Gasteiger partial charge on any atom is 0.325 e. The Kier molecular flexibility index (Phi) is 4.54. The summed E-state index contributed by atoms with van der Waals surface area (Å²) in [6.07, 6.45) is 1.79. The van der Waals surface area contributed by atoms with Crippen LogP contribution in [0.25, 0.3) is 0 Å². The number of piperidine rings is 1. The van der Waals surface area contributed by atoms with E-state index in [0.717, 1.165) is 18.4 Å². The molecule has 0 spiro atoms. The van der Waals surface area contributed by atoms with Gasteiger partial charge in [-0.05, 0) is 29.7 Å². The van der Waals surface area contributed by atoms with Crippen LogP contribution in [-0.4, -0.2) is 41.9 Å². The second-order valence-corrected chi connectivity index (χ2v) is 8.88. The SMILES string of the molecule is CC1(C)CC(=O)C2CNC3C(C(=O)NC(=O)N3CCc3ccccc3)C2C1. The summed E-state index contributed by atoms with van der Waals surface area (Å²) in [5.41, 5.74) is 1.05. The van der Waals surface area contributed by atoms with Crippen molar-refractivity contribution in [1.29, 1.82) is 0 Å². The Labute approximate surface area is 159 Å². The molecule has 4 atom stereocenters. The zero-order valence-corrected chi connectivity index (χ0v) is 15.9. The summed E-state index contributed by atoms with van der Waals surface area (Å²) < 4.78 is 0. The topological polar surface area (TPSA) is 78.5 Å². The molecule has 6 heteroatoms. The zero-order valence-electron chi connectivity index (χ0n) is 15.9. The van der Waals surface area contributed by atoms with Gasteiger partial charge in [-0.2, -0.15) is 0 Å². The average molecular weight is 369 g/mol. The van der Waals surface area contributed by atoms with E-state index in [1.54, 1.807) is 4.90 Å². The molecule has 2 aliphatic heterocycles. The molecular formula is C21H27N3O3. The minimum atomic E-state index is -0.374. The fourth-order valence-electron chi connectivity index (χ4n) is 5.11. The van der Waals surface area contributed by atoms with Gasteiger partial charge in [0.05, 0.1) is 12.1 Å². The Morgan fingerprint density at radius 3 is 2.63 bits per heavy atom. The number of nitrogens with one attached hydrogen (secondary N) is 2. The van der Waals surface area contributed by atoms with E-state index in [9.17, 15) is 14.4 Å². The van der Waals surface area contributed by atoms with Gasteiger partial charge in [0.25, 0.3) is 0 Å². The van der Waals surface area contributed by atoms with E-state index in [4.69, 9.17) is 0 Å². The fraction of sp³-hybridized carbons (Fsp3) is 0.571. The molecule has 4 unspecified atom stereocenters. The summed E-state index contributed by atoms with van der Waals surface area (Å²) in [6, 6.07) is 9.67. The molecule has 0 aromatic heterocycles. The quantitative estimate of drug-likeness (QED) is 0.854. The van der Waals surface area contributed by atoms with Gasteiger partial charge in [-0.3, -0.25) is 20.2 Å². The van der Waals surface area contributed by atoms with Crippen LogP contribution in [0.15, 0.2) is 30.3 Å². The number of amides is 3. The summed E-state index contributed by atoms with van der Waals surface area (Å²) >= 11 is 0. The molecule has 1 aliphatic carbocycles. The highest BCUT2D eigenvalue weighted by atomic mass is 16.2. The van der Waals surface area contributed by atoms with E-state index in [2.05, 4.69) is 24.5 Å². The summed E-state index contributed by atoms with van der Waals surface area (Å²) in [4.78, 5) is 39.6. The van der Waals surface area contributed by atoms with Crippen molar-refractivity contribution in [2.75, 3.05) is 13.1 Å². The smallest absolute Gasteiger partial charge is 0.308 e. The molecule has 144 valence electrons.